The quantitative estimate of drug-likeness (QED) is 0.497. The predicted molar refractivity (Wildman–Crippen MR) is 96.6 cm³/mol. The van der Waals surface area contributed by atoms with Gasteiger partial charge in [0.1, 0.15) is 0 Å². The molecular weight excluding hydrogens is 318 g/mol. The summed E-state index contributed by atoms with van der Waals surface area (Å²) < 4.78 is 11.6. The Kier molecular flexibility index (Phi) is 4.95. The Hall–Kier alpha value is -0.850. The molecule has 0 aromatic heterocycles. The second-order valence-electron chi connectivity index (χ2n) is 8.42. The standard InChI is InChI=1S/C19H33N3O3/c1-2-20-17(21-12-18(7-9-23)8-11-24-13-18)22-15-14-4-10-25-16(14)19(15)5-3-6-19/h14-16,23H,2-13H2,1H3,(H2,20,21,22). The summed E-state index contributed by atoms with van der Waals surface area (Å²) in [7, 11) is 0. The van der Waals surface area contributed by atoms with Crippen LogP contribution in [0.3, 0.4) is 0 Å². The van der Waals surface area contributed by atoms with Crippen molar-refractivity contribution in [2.24, 2.45) is 21.7 Å². The number of guanidine groups is 1. The molecule has 3 N–H and O–H groups in total. The molecule has 142 valence electrons. The maximum Gasteiger partial charge on any atom is 0.191 e. The molecule has 25 heavy (non-hydrogen) atoms. The first-order valence-corrected chi connectivity index (χ1v) is 10.1. The van der Waals surface area contributed by atoms with E-state index in [4.69, 9.17) is 14.5 Å². The molecule has 4 unspecified atom stereocenters. The molecule has 2 aliphatic carbocycles. The van der Waals surface area contributed by atoms with Crippen LogP contribution in [0.15, 0.2) is 4.99 Å². The molecule has 4 atom stereocenters. The smallest absolute Gasteiger partial charge is 0.191 e. The lowest BCUT2D eigenvalue weighted by Crippen LogP contribution is -2.72. The Morgan fingerprint density at radius 2 is 2.16 bits per heavy atom. The summed E-state index contributed by atoms with van der Waals surface area (Å²) in [5.41, 5.74) is 0.362. The molecular formula is C19H33N3O3. The molecule has 2 saturated heterocycles. The van der Waals surface area contributed by atoms with Crippen LogP contribution in [0.2, 0.25) is 0 Å². The number of fused-ring (bicyclic) bond motifs is 2. The Morgan fingerprint density at radius 1 is 1.28 bits per heavy atom. The van der Waals surface area contributed by atoms with Gasteiger partial charge >= 0.3 is 0 Å². The highest BCUT2D eigenvalue weighted by molar-refractivity contribution is 5.80. The van der Waals surface area contributed by atoms with E-state index in [1.54, 1.807) is 0 Å². The van der Waals surface area contributed by atoms with Crippen LogP contribution in [0.4, 0.5) is 0 Å². The van der Waals surface area contributed by atoms with E-state index < -0.39 is 0 Å². The minimum Gasteiger partial charge on any atom is -0.396 e. The highest BCUT2D eigenvalue weighted by Crippen LogP contribution is 2.62. The third kappa shape index (κ3) is 2.96. The number of aliphatic hydroxyl groups is 1. The van der Waals surface area contributed by atoms with E-state index in [0.29, 0.717) is 36.6 Å². The maximum atomic E-state index is 9.41. The van der Waals surface area contributed by atoms with E-state index in [0.717, 1.165) is 38.6 Å². The number of ether oxygens (including phenoxy) is 2. The molecule has 2 heterocycles. The van der Waals surface area contributed by atoms with Crippen molar-refractivity contribution in [1.29, 1.82) is 0 Å². The van der Waals surface area contributed by atoms with E-state index >= 15 is 0 Å². The average molecular weight is 351 g/mol. The summed E-state index contributed by atoms with van der Waals surface area (Å²) in [4.78, 5) is 4.91. The number of nitrogens with one attached hydrogen (secondary N) is 2. The summed E-state index contributed by atoms with van der Waals surface area (Å²) in [6.07, 6.45) is 7.30. The molecule has 4 fully saturated rings. The molecule has 0 bridgehead atoms. The zero-order chi connectivity index (χ0) is 17.3. The third-order valence-electron chi connectivity index (χ3n) is 7.07. The first-order chi connectivity index (χ1) is 12.2. The summed E-state index contributed by atoms with van der Waals surface area (Å²) in [5.74, 6) is 1.57. The van der Waals surface area contributed by atoms with Gasteiger partial charge in [-0.25, -0.2) is 0 Å². The minimum absolute atomic E-state index is 0.00385. The van der Waals surface area contributed by atoms with Gasteiger partial charge in [0.25, 0.3) is 0 Å². The second-order valence-corrected chi connectivity index (χ2v) is 8.42. The number of nitrogens with zero attached hydrogens (tertiary/aromatic N) is 1. The first kappa shape index (κ1) is 17.6. The Labute approximate surface area is 150 Å². The number of hydrogen-bond acceptors (Lipinski definition) is 4. The summed E-state index contributed by atoms with van der Waals surface area (Å²) in [6.45, 7) is 6.30. The summed E-state index contributed by atoms with van der Waals surface area (Å²) in [6, 6.07) is 0.500. The van der Waals surface area contributed by atoms with Crippen molar-refractivity contribution in [3.8, 4) is 0 Å². The zero-order valence-electron chi connectivity index (χ0n) is 15.4. The molecule has 0 radical (unpaired) electrons. The second kappa shape index (κ2) is 7.05. The monoisotopic (exact) mass is 351 g/mol. The fraction of sp³-hybridized carbons (Fsp3) is 0.947. The highest BCUT2D eigenvalue weighted by atomic mass is 16.5. The Balaban J connectivity index is 1.44. The molecule has 2 aliphatic heterocycles. The molecule has 0 amide bonds. The van der Waals surface area contributed by atoms with Gasteiger partial charge in [-0.3, -0.25) is 4.99 Å². The molecule has 0 aromatic carbocycles. The fourth-order valence-electron chi connectivity index (χ4n) is 5.46. The van der Waals surface area contributed by atoms with Gasteiger partial charge < -0.3 is 25.2 Å². The molecule has 2 saturated carbocycles. The largest absolute Gasteiger partial charge is 0.396 e. The van der Waals surface area contributed by atoms with E-state index in [1.165, 1.54) is 25.7 Å². The van der Waals surface area contributed by atoms with Crippen LogP contribution >= 0.6 is 0 Å². The Bertz CT molecular complexity index is 500. The van der Waals surface area contributed by atoms with E-state index in [9.17, 15) is 5.11 Å². The minimum atomic E-state index is 0.00385. The first-order valence-electron chi connectivity index (χ1n) is 10.1. The lowest BCUT2D eigenvalue weighted by atomic mass is 9.46. The molecule has 6 heteroatoms. The topological polar surface area (TPSA) is 75.1 Å². The van der Waals surface area contributed by atoms with Gasteiger partial charge in [-0.05, 0) is 39.0 Å². The van der Waals surface area contributed by atoms with Gasteiger partial charge in [-0.1, -0.05) is 6.42 Å². The maximum absolute atomic E-state index is 9.41. The Morgan fingerprint density at radius 3 is 2.80 bits per heavy atom. The van der Waals surface area contributed by atoms with Crippen LogP contribution in [0.5, 0.6) is 0 Å². The van der Waals surface area contributed by atoms with Gasteiger partial charge in [0.05, 0.1) is 19.3 Å². The van der Waals surface area contributed by atoms with Crippen LogP contribution in [-0.4, -0.2) is 62.7 Å². The fourth-order valence-corrected chi connectivity index (χ4v) is 5.46. The van der Waals surface area contributed by atoms with Gasteiger partial charge in [-0.2, -0.15) is 0 Å². The number of aliphatic imine (C=N–C) groups is 1. The van der Waals surface area contributed by atoms with Crippen molar-refractivity contribution in [2.75, 3.05) is 39.5 Å². The summed E-state index contributed by atoms with van der Waals surface area (Å²) in [5, 5.41) is 16.6. The lowest BCUT2D eigenvalue weighted by molar-refractivity contribution is -0.171. The van der Waals surface area contributed by atoms with Crippen molar-refractivity contribution in [3.63, 3.8) is 0 Å². The van der Waals surface area contributed by atoms with E-state index in [2.05, 4.69) is 17.6 Å². The van der Waals surface area contributed by atoms with Crippen LogP contribution < -0.4 is 10.6 Å². The summed E-state index contributed by atoms with van der Waals surface area (Å²) >= 11 is 0. The number of hydrogen-bond donors (Lipinski definition) is 3. The van der Waals surface area contributed by atoms with Crippen LogP contribution in [0.25, 0.3) is 0 Å². The van der Waals surface area contributed by atoms with Gasteiger partial charge in [0.15, 0.2) is 5.96 Å². The molecule has 0 aromatic rings. The number of rotatable bonds is 6. The molecule has 6 nitrogen and oxygen atoms in total. The third-order valence-corrected chi connectivity index (χ3v) is 7.07. The van der Waals surface area contributed by atoms with Gasteiger partial charge in [-0.15, -0.1) is 0 Å². The lowest BCUT2D eigenvalue weighted by Gasteiger charge is -2.63. The van der Waals surface area contributed by atoms with Gasteiger partial charge in [0.2, 0.25) is 0 Å². The van der Waals surface area contributed by atoms with Crippen molar-refractivity contribution in [2.45, 2.75) is 57.6 Å². The predicted octanol–water partition coefficient (Wildman–Crippen LogP) is 1.29. The van der Waals surface area contributed by atoms with E-state index in [-0.39, 0.29) is 12.0 Å². The zero-order valence-corrected chi connectivity index (χ0v) is 15.4. The van der Waals surface area contributed by atoms with E-state index in [1.807, 2.05) is 0 Å². The SMILES string of the molecule is CCNC(=NCC1(CCO)CCOC1)NC1C2CCOC2C12CCC2. The number of aliphatic hydroxyl groups excluding tert-OH is 1. The van der Waals surface area contributed by atoms with Crippen LogP contribution in [0, 0.1) is 16.7 Å². The van der Waals surface area contributed by atoms with Crippen molar-refractivity contribution in [3.05, 3.63) is 0 Å². The molecule has 4 rings (SSSR count). The van der Waals surface area contributed by atoms with Crippen molar-refractivity contribution in [1.82, 2.24) is 10.6 Å². The van der Waals surface area contributed by atoms with Gasteiger partial charge in [0, 0.05) is 49.2 Å². The highest BCUT2D eigenvalue weighted by Gasteiger charge is 2.66. The van der Waals surface area contributed by atoms with Crippen LogP contribution in [-0.2, 0) is 9.47 Å². The average Bonchev–Trinajstić information content (AvgIpc) is 3.18. The molecule has 4 aliphatic rings. The van der Waals surface area contributed by atoms with Crippen molar-refractivity contribution < 1.29 is 14.6 Å². The molecule has 1 spiro atoms. The van der Waals surface area contributed by atoms with Crippen molar-refractivity contribution >= 4 is 5.96 Å². The van der Waals surface area contributed by atoms with Crippen LogP contribution in [0.1, 0.15) is 45.4 Å². The normalized spacial score (nSPS) is 39.0.